The number of carbonyl (C=O) groups is 1. The number of ether oxygens (including phenoxy) is 1. The first-order valence-corrected chi connectivity index (χ1v) is 14.7. The lowest BCUT2D eigenvalue weighted by molar-refractivity contribution is -0.127. The topological polar surface area (TPSA) is 100 Å². The van der Waals surface area contributed by atoms with Gasteiger partial charge in [0.05, 0.1) is 38.4 Å². The number of carbonyl (C=O) groups excluding carboxylic acids is 1. The Kier molecular flexibility index (Phi) is 6.59. The molecule has 0 bridgehead atoms. The number of piperidine rings is 1. The van der Waals surface area contributed by atoms with Gasteiger partial charge in [0.15, 0.2) is 5.65 Å². The van der Waals surface area contributed by atoms with Gasteiger partial charge in [-0.3, -0.25) is 14.8 Å². The molecule has 9 nitrogen and oxygen atoms in total. The second kappa shape index (κ2) is 9.27. The minimum atomic E-state index is -2.74. The number of fused-ring (bicyclic) bond motifs is 1. The molecule has 4 rings (SSSR count). The summed E-state index contributed by atoms with van der Waals surface area (Å²) in [5, 5.41) is 13.9. The molecule has 0 spiro atoms. The quantitative estimate of drug-likeness (QED) is 0.484. The number of H-pyrrole nitrogens is 1. The summed E-state index contributed by atoms with van der Waals surface area (Å²) in [5.74, 6) is -3.11. The van der Waals surface area contributed by atoms with Gasteiger partial charge in [-0.2, -0.15) is 10.2 Å². The highest BCUT2D eigenvalue weighted by Gasteiger charge is 2.38. The lowest BCUT2D eigenvalue weighted by atomic mass is 10.1. The van der Waals surface area contributed by atoms with Crippen molar-refractivity contribution in [3.8, 4) is 0 Å². The molecule has 1 amide bonds. The van der Waals surface area contributed by atoms with Gasteiger partial charge in [0.25, 0.3) is 11.8 Å². The van der Waals surface area contributed by atoms with E-state index >= 15 is 0 Å². The zero-order valence-corrected chi connectivity index (χ0v) is 20.0. The molecule has 178 valence electrons. The van der Waals surface area contributed by atoms with Crippen molar-refractivity contribution in [3.63, 3.8) is 0 Å². The van der Waals surface area contributed by atoms with Crippen LogP contribution in [-0.2, 0) is 11.2 Å². The molecule has 1 unspecified atom stereocenters. The van der Waals surface area contributed by atoms with E-state index in [0.717, 1.165) is 0 Å². The normalized spacial score (nSPS) is 17.8. The summed E-state index contributed by atoms with van der Waals surface area (Å²) < 4.78 is 35.9. The van der Waals surface area contributed by atoms with Crippen LogP contribution >= 0.6 is 0 Å². The number of amides is 1. The summed E-state index contributed by atoms with van der Waals surface area (Å²) in [7, 11) is -1.57. The predicted molar refractivity (Wildman–Crippen MR) is 122 cm³/mol. The predicted octanol–water partition coefficient (Wildman–Crippen LogP) is 3.20. The summed E-state index contributed by atoms with van der Waals surface area (Å²) in [6.45, 7) is 6.70. The number of nitrogens with one attached hydrogen (secondary N) is 2. The average Bonchev–Trinajstić information content (AvgIpc) is 3.36. The fraction of sp³-hybridized carbons (Fsp3) is 0.524. The minimum Gasteiger partial charge on any atom is -0.366 e. The second-order valence-corrected chi connectivity index (χ2v) is 15.0. The number of likely N-dealkylation sites (tertiary alicyclic amines) is 1. The Hall–Kier alpha value is -2.70. The first kappa shape index (κ1) is 23.5. The van der Waals surface area contributed by atoms with E-state index in [0.29, 0.717) is 48.2 Å². The Bertz CT molecular complexity index is 1110. The van der Waals surface area contributed by atoms with Crippen LogP contribution in [-0.4, -0.2) is 75.1 Å². The molecule has 1 aliphatic rings. The van der Waals surface area contributed by atoms with Gasteiger partial charge in [0.2, 0.25) is 0 Å². The molecule has 1 fully saturated rings. The molecule has 0 aliphatic carbocycles. The number of halogens is 2. The molecule has 1 aliphatic heterocycles. The Morgan fingerprint density at radius 1 is 1.36 bits per heavy atom. The van der Waals surface area contributed by atoms with Crippen LogP contribution in [0.4, 0.5) is 14.5 Å². The fourth-order valence-electron chi connectivity index (χ4n) is 3.81. The molecule has 1 atom stereocenters. The number of rotatable bonds is 8. The van der Waals surface area contributed by atoms with Crippen molar-refractivity contribution >= 4 is 25.3 Å². The summed E-state index contributed by atoms with van der Waals surface area (Å²) >= 11 is 0. The fourth-order valence-corrected chi connectivity index (χ4v) is 4.50. The van der Waals surface area contributed by atoms with Crippen LogP contribution in [0.3, 0.4) is 0 Å². The molecule has 33 heavy (non-hydrogen) atoms. The van der Waals surface area contributed by atoms with E-state index in [1.165, 1.54) is 16.9 Å². The number of hydrogen-bond acceptors (Lipinski definition) is 6. The van der Waals surface area contributed by atoms with Gasteiger partial charge in [-0.15, -0.1) is 0 Å². The van der Waals surface area contributed by atoms with Crippen molar-refractivity contribution in [2.75, 3.05) is 24.6 Å². The molecule has 0 saturated carbocycles. The van der Waals surface area contributed by atoms with E-state index in [2.05, 4.69) is 45.2 Å². The standard InChI is InChI=1S/C21H29F2N7O2Si/c1-33(2,3)14-32-18(29-8-4-6-21(22,23)13-29)10-16-17(12-25-28-16)27-20(31)15-11-26-30-9-5-7-24-19(15)30/h5,7,9,11-12,18H,4,6,8,10,13-14H2,1-3H3,(H,25,28)(H,27,31). The van der Waals surface area contributed by atoms with Crippen molar-refractivity contribution in [1.29, 1.82) is 0 Å². The molecule has 0 radical (unpaired) electrons. The van der Waals surface area contributed by atoms with Crippen molar-refractivity contribution in [2.24, 2.45) is 0 Å². The molecule has 12 heteroatoms. The maximum Gasteiger partial charge on any atom is 0.261 e. The van der Waals surface area contributed by atoms with Gasteiger partial charge in [-0.25, -0.2) is 18.3 Å². The number of aromatic amines is 1. The lowest BCUT2D eigenvalue weighted by Crippen LogP contribution is -2.50. The van der Waals surface area contributed by atoms with Crippen LogP contribution in [0.25, 0.3) is 5.65 Å². The van der Waals surface area contributed by atoms with Gasteiger partial charge in [0.1, 0.15) is 11.8 Å². The first-order chi connectivity index (χ1) is 15.6. The van der Waals surface area contributed by atoms with Gasteiger partial charge >= 0.3 is 0 Å². The van der Waals surface area contributed by atoms with E-state index in [1.54, 1.807) is 23.4 Å². The molecule has 0 aromatic carbocycles. The van der Waals surface area contributed by atoms with Crippen LogP contribution in [0.1, 0.15) is 28.9 Å². The Labute approximate surface area is 191 Å². The Morgan fingerprint density at radius 3 is 2.94 bits per heavy atom. The van der Waals surface area contributed by atoms with Crippen molar-refractivity contribution < 1.29 is 18.3 Å². The van der Waals surface area contributed by atoms with E-state index in [4.69, 9.17) is 4.74 Å². The van der Waals surface area contributed by atoms with Crippen LogP contribution in [0.15, 0.2) is 30.9 Å². The number of hydrogen-bond donors (Lipinski definition) is 2. The highest BCUT2D eigenvalue weighted by molar-refractivity contribution is 6.76. The average molecular weight is 478 g/mol. The van der Waals surface area contributed by atoms with E-state index in [-0.39, 0.29) is 18.9 Å². The SMILES string of the molecule is C[Si](C)(C)COC(Cc1[nH]ncc1NC(=O)c1cnn2cccnc12)N1CCCC(F)(F)C1. The van der Waals surface area contributed by atoms with Crippen molar-refractivity contribution in [3.05, 3.63) is 42.1 Å². The molecule has 4 heterocycles. The third-order valence-electron chi connectivity index (χ3n) is 5.41. The number of nitrogens with zero attached hydrogens (tertiary/aromatic N) is 5. The monoisotopic (exact) mass is 477 g/mol. The number of aromatic nitrogens is 5. The maximum absolute atomic E-state index is 14.1. The van der Waals surface area contributed by atoms with Crippen LogP contribution in [0.5, 0.6) is 0 Å². The van der Waals surface area contributed by atoms with Crippen LogP contribution < -0.4 is 5.32 Å². The summed E-state index contributed by atoms with van der Waals surface area (Å²) in [4.78, 5) is 18.8. The van der Waals surface area contributed by atoms with Gasteiger partial charge in [-0.05, 0) is 12.5 Å². The molecular formula is C21H29F2N7O2Si. The third kappa shape index (κ3) is 5.81. The highest BCUT2D eigenvalue weighted by atomic mass is 28.3. The zero-order valence-electron chi connectivity index (χ0n) is 19.0. The zero-order chi connectivity index (χ0) is 23.6. The third-order valence-corrected chi connectivity index (χ3v) is 6.44. The summed E-state index contributed by atoms with van der Waals surface area (Å²) in [5.41, 5.74) is 1.85. The molecule has 3 aromatic heterocycles. The number of anilines is 1. The van der Waals surface area contributed by atoms with Crippen molar-refractivity contribution in [2.45, 2.75) is 51.1 Å². The summed E-state index contributed by atoms with van der Waals surface area (Å²) in [6, 6.07) is 1.72. The van der Waals surface area contributed by atoms with E-state index < -0.39 is 20.2 Å². The first-order valence-electron chi connectivity index (χ1n) is 11.0. The molecule has 2 N–H and O–H groups in total. The molecule has 1 saturated heterocycles. The maximum atomic E-state index is 14.1. The minimum absolute atomic E-state index is 0.108. The van der Waals surface area contributed by atoms with Crippen LogP contribution in [0.2, 0.25) is 19.6 Å². The van der Waals surface area contributed by atoms with Crippen molar-refractivity contribution in [1.82, 2.24) is 29.7 Å². The largest absolute Gasteiger partial charge is 0.366 e. The van der Waals surface area contributed by atoms with Crippen LogP contribution in [0, 0.1) is 0 Å². The smallest absolute Gasteiger partial charge is 0.261 e. The Morgan fingerprint density at radius 2 is 2.18 bits per heavy atom. The van der Waals surface area contributed by atoms with E-state index in [1.807, 2.05) is 0 Å². The number of alkyl halides is 2. The second-order valence-electron chi connectivity index (χ2n) is 9.62. The lowest BCUT2D eigenvalue weighted by Gasteiger charge is -2.38. The highest BCUT2D eigenvalue weighted by Crippen LogP contribution is 2.29. The van der Waals surface area contributed by atoms with E-state index in [9.17, 15) is 13.6 Å². The Balaban J connectivity index is 1.51. The molecular weight excluding hydrogens is 448 g/mol. The van der Waals surface area contributed by atoms with Gasteiger partial charge < -0.3 is 10.1 Å². The van der Waals surface area contributed by atoms with Gasteiger partial charge in [0, 0.05) is 38.0 Å². The molecule has 3 aromatic rings. The summed E-state index contributed by atoms with van der Waals surface area (Å²) in [6.07, 6.45) is 6.85. The van der Waals surface area contributed by atoms with Gasteiger partial charge in [-0.1, -0.05) is 19.6 Å².